The van der Waals surface area contributed by atoms with Gasteiger partial charge in [-0.25, -0.2) is 0 Å². The van der Waals surface area contributed by atoms with Crippen LogP contribution in [0.25, 0.3) is 33.4 Å². The predicted molar refractivity (Wildman–Crippen MR) is 147 cm³/mol. The molecule has 206 valence electrons. The Morgan fingerprint density at radius 2 is 1.46 bits per heavy atom. The molecule has 0 aliphatic carbocycles. The second-order valence-corrected chi connectivity index (χ2v) is 8.78. The van der Waals surface area contributed by atoms with Crippen LogP contribution >= 0.6 is 0 Å². The van der Waals surface area contributed by atoms with Gasteiger partial charge in [0.25, 0.3) is 5.69 Å². The number of aromatic nitrogens is 6. The summed E-state index contributed by atoms with van der Waals surface area (Å²) in [5.41, 5.74) is 8.00. The van der Waals surface area contributed by atoms with E-state index in [0.717, 1.165) is 33.8 Å². The molecule has 6 aromatic rings. The van der Waals surface area contributed by atoms with E-state index < -0.39 is 21.2 Å². The molecule has 0 unspecified atom stereocenters. The quantitative estimate of drug-likeness (QED) is 0.109. The monoisotopic (exact) mass is 555 g/mol. The van der Waals surface area contributed by atoms with E-state index in [4.69, 9.17) is 5.73 Å². The third-order valence-corrected chi connectivity index (χ3v) is 6.17. The van der Waals surface area contributed by atoms with Gasteiger partial charge in [-0.15, -0.1) is 9.69 Å². The van der Waals surface area contributed by atoms with E-state index in [2.05, 4.69) is 10.2 Å². The molecule has 2 N–H and O–H groups in total. The lowest BCUT2D eigenvalue weighted by molar-refractivity contribution is -0.664. The number of nitrogens with zero attached hydrogens (tertiary/aromatic N) is 8. The third-order valence-electron chi connectivity index (χ3n) is 6.17. The van der Waals surface area contributed by atoms with Gasteiger partial charge in [-0.1, -0.05) is 37.3 Å². The van der Waals surface area contributed by atoms with Crippen LogP contribution in [0.4, 0.5) is 17.1 Å². The molecule has 0 radical (unpaired) electrons. The van der Waals surface area contributed by atoms with Gasteiger partial charge in [0.15, 0.2) is 0 Å². The average molecular weight is 556 g/mol. The predicted octanol–water partition coefficient (Wildman–Crippen LogP) is 3.28. The Hall–Kier alpha value is -6.12. The van der Waals surface area contributed by atoms with Crippen molar-refractivity contribution >= 4 is 39.1 Å². The molecule has 0 saturated carbocycles. The minimum Gasteiger partial charge on any atom is -0.692 e. The summed E-state index contributed by atoms with van der Waals surface area (Å²) in [4.78, 5) is 23.8. The van der Waals surface area contributed by atoms with E-state index in [9.17, 15) is 30.6 Å². The molecule has 15 heteroatoms. The number of hydrogen-bond donors (Lipinski definition) is 1. The van der Waals surface area contributed by atoms with Gasteiger partial charge in [0.2, 0.25) is 16.6 Å². The Morgan fingerprint density at radius 3 is 2.10 bits per heavy atom. The van der Waals surface area contributed by atoms with Crippen molar-refractivity contribution in [1.82, 2.24) is 19.8 Å². The number of rotatable bonds is 5. The molecule has 0 spiro atoms. The molecule has 4 aromatic carbocycles. The summed E-state index contributed by atoms with van der Waals surface area (Å²) in [7, 11) is 0. The largest absolute Gasteiger partial charge is 0.692 e. The standard InChI is InChI=1S/C14H11N5O5.C12H10N4O/c1-2-9-3-5-10(6-4-9)16-15-14-12(17(16)20)7-11(18(21)22)8-13(14)19(23)24;13-9-4-3-5-10(8-9)15-14-11-6-1-2-7-12(11)16(15)17/h3-8H,2H2,1H3;1-8H,13H2. The van der Waals surface area contributed by atoms with Gasteiger partial charge in [-0.2, -0.15) is 0 Å². The number of fused-ring (bicyclic) bond motifs is 2. The molecule has 15 nitrogen and oxygen atoms in total. The zero-order valence-corrected chi connectivity index (χ0v) is 21.4. The number of non-ortho nitro benzene ring substituents is 2. The number of nitrogen functional groups attached to an aromatic ring is 1. The van der Waals surface area contributed by atoms with Gasteiger partial charge >= 0.3 is 11.2 Å². The highest BCUT2D eigenvalue weighted by atomic mass is 16.6. The fourth-order valence-electron chi connectivity index (χ4n) is 4.11. The Morgan fingerprint density at radius 1 is 0.780 bits per heavy atom. The fraction of sp³-hybridized carbons (Fsp3) is 0.0769. The smallest absolute Gasteiger partial charge is 0.334 e. The normalized spacial score (nSPS) is 10.9. The molecular formula is C26H21N9O6. The molecule has 0 saturated heterocycles. The van der Waals surface area contributed by atoms with Gasteiger partial charge in [0.1, 0.15) is 11.4 Å². The topological polar surface area (TPSA) is 202 Å². The first kappa shape index (κ1) is 26.5. The van der Waals surface area contributed by atoms with Crippen molar-refractivity contribution < 1.29 is 19.5 Å². The van der Waals surface area contributed by atoms with Crippen molar-refractivity contribution in [2.45, 2.75) is 13.3 Å². The second-order valence-electron chi connectivity index (χ2n) is 8.78. The number of hydrogen-bond acceptors (Lipinski definition) is 9. The highest BCUT2D eigenvalue weighted by molar-refractivity contribution is 5.84. The van der Waals surface area contributed by atoms with E-state index in [1.54, 1.807) is 60.7 Å². The molecule has 2 heterocycles. The summed E-state index contributed by atoms with van der Waals surface area (Å²) in [5, 5.41) is 54.7. The van der Waals surface area contributed by atoms with Crippen molar-refractivity contribution in [3.63, 3.8) is 0 Å². The molecular weight excluding hydrogens is 534 g/mol. The lowest BCUT2D eigenvalue weighted by Crippen LogP contribution is -2.37. The first-order valence-corrected chi connectivity index (χ1v) is 12.2. The number of aryl methyl sites for hydroxylation is 1. The minimum atomic E-state index is -0.799. The number of para-hydroxylation sites is 1. The molecule has 0 aliphatic rings. The molecule has 0 aliphatic heterocycles. The van der Waals surface area contributed by atoms with Crippen LogP contribution in [0, 0.1) is 30.6 Å². The Bertz CT molecular complexity index is 1930. The number of nitrogens with two attached hydrogens (primary N) is 1. The van der Waals surface area contributed by atoms with Gasteiger partial charge < -0.3 is 16.1 Å². The number of nitro benzene ring substituents is 2. The van der Waals surface area contributed by atoms with E-state index >= 15 is 0 Å². The molecule has 41 heavy (non-hydrogen) atoms. The van der Waals surface area contributed by atoms with Gasteiger partial charge in [-0.05, 0) is 64.0 Å². The zero-order valence-electron chi connectivity index (χ0n) is 21.4. The first-order valence-electron chi connectivity index (χ1n) is 12.2. The highest BCUT2D eigenvalue weighted by Gasteiger charge is 2.30. The summed E-state index contributed by atoms with van der Waals surface area (Å²) < 4.78 is 0. The zero-order chi connectivity index (χ0) is 29.3. The molecule has 2 aromatic heterocycles. The van der Waals surface area contributed by atoms with Crippen molar-refractivity contribution in [3.8, 4) is 11.4 Å². The van der Waals surface area contributed by atoms with Crippen molar-refractivity contribution in [2.24, 2.45) is 0 Å². The van der Waals surface area contributed by atoms with Crippen LogP contribution in [0.5, 0.6) is 0 Å². The summed E-state index contributed by atoms with van der Waals surface area (Å²) in [6.07, 6.45) is 0.816. The van der Waals surface area contributed by atoms with Gasteiger partial charge in [0.05, 0.1) is 32.2 Å². The number of nitro groups is 2. The maximum absolute atomic E-state index is 12.4. The summed E-state index contributed by atoms with van der Waals surface area (Å²) in [5.74, 6) is 0. The van der Waals surface area contributed by atoms with Gasteiger partial charge in [0, 0.05) is 5.69 Å². The molecule has 0 bridgehead atoms. The first-order chi connectivity index (χ1) is 19.7. The Labute approximate surface area is 230 Å². The minimum absolute atomic E-state index is 0.208. The van der Waals surface area contributed by atoms with E-state index in [0.29, 0.717) is 32.9 Å². The van der Waals surface area contributed by atoms with Gasteiger partial charge in [-0.3, -0.25) is 20.2 Å². The van der Waals surface area contributed by atoms with Crippen molar-refractivity contribution in [1.29, 1.82) is 0 Å². The Balaban J connectivity index is 0.000000174. The SMILES string of the molecule is CCc1ccc(-n2nc3c([N+](=O)[O-])cc([N+](=O)[O-])cc3[n+]2[O-])cc1.Nc1cccc(-n2nc3ccccc3[n+]2[O-])c1. The van der Waals surface area contributed by atoms with Crippen LogP contribution in [-0.4, -0.2) is 29.6 Å². The maximum atomic E-state index is 12.4. The highest BCUT2D eigenvalue weighted by Crippen LogP contribution is 2.28. The molecule has 6 rings (SSSR count). The van der Waals surface area contributed by atoms with Crippen LogP contribution in [0.15, 0.2) is 84.9 Å². The summed E-state index contributed by atoms with van der Waals surface area (Å²) in [6, 6.07) is 22.9. The molecule has 0 atom stereocenters. The summed E-state index contributed by atoms with van der Waals surface area (Å²) in [6.45, 7) is 1.98. The van der Waals surface area contributed by atoms with E-state index in [1.807, 2.05) is 19.1 Å². The molecule has 0 fully saturated rings. The average Bonchev–Trinajstić information content (AvgIpc) is 3.49. The van der Waals surface area contributed by atoms with Crippen LogP contribution in [0.1, 0.15) is 12.5 Å². The van der Waals surface area contributed by atoms with E-state index in [1.165, 1.54) is 4.80 Å². The lowest BCUT2D eigenvalue weighted by Gasteiger charge is -2.04. The van der Waals surface area contributed by atoms with Crippen LogP contribution in [-0.2, 0) is 6.42 Å². The maximum Gasteiger partial charge on any atom is 0.334 e. The van der Waals surface area contributed by atoms with Crippen LogP contribution in [0.2, 0.25) is 0 Å². The fourth-order valence-corrected chi connectivity index (χ4v) is 4.11. The number of anilines is 1. The van der Waals surface area contributed by atoms with Crippen molar-refractivity contribution in [2.75, 3.05) is 5.73 Å². The van der Waals surface area contributed by atoms with Crippen molar-refractivity contribution in [3.05, 3.63) is 121 Å². The van der Waals surface area contributed by atoms with Crippen LogP contribution < -0.4 is 15.4 Å². The summed E-state index contributed by atoms with van der Waals surface area (Å²) >= 11 is 0. The second kappa shape index (κ2) is 10.6. The molecule has 0 amide bonds. The van der Waals surface area contributed by atoms with E-state index in [-0.39, 0.29) is 11.0 Å². The lowest BCUT2D eigenvalue weighted by atomic mass is 10.2. The third kappa shape index (κ3) is 5.01. The number of benzene rings is 4. The Kier molecular flexibility index (Phi) is 6.82. The van der Waals surface area contributed by atoms with Crippen LogP contribution in [0.3, 0.4) is 0 Å².